The Morgan fingerprint density at radius 1 is 1.50 bits per heavy atom. The number of hydrogen-bond acceptors (Lipinski definition) is 5. The van der Waals surface area contributed by atoms with Crippen LogP contribution in [-0.2, 0) is 4.74 Å². The molecule has 0 bridgehead atoms. The fraction of sp³-hybridized carbons (Fsp3) is 0.500. The quantitative estimate of drug-likeness (QED) is 0.565. The van der Waals surface area contributed by atoms with Crippen molar-refractivity contribution >= 4 is 11.4 Å². The molecule has 0 amide bonds. The molecular weight excluding hydrogens is 258 g/mol. The topological polar surface area (TPSA) is 79.4 Å². The van der Waals surface area contributed by atoms with E-state index in [1.165, 1.54) is 6.07 Å². The van der Waals surface area contributed by atoms with Crippen LogP contribution in [0.5, 0.6) is 0 Å². The second kappa shape index (κ2) is 7.46. The first-order valence-corrected chi connectivity index (χ1v) is 6.42. The molecule has 0 radical (unpaired) electrons. The predicted octanol–water partition coefficient (Wildman–Crippen LogP) is 2.58. The predicted molar refractivity (Wildman–Crippen MR) is 76.7 cm³/mol. The van der Waals surface area contributed by atoms with Gasteiger partial charge in [-0.15, -0.1) is 0 Å². The fourth-order valence-electron chi connectivity index (χ4n) is 1.94. The van der Waals surface area contributed by atoms with Gasteiger partial charge < -0.3 is 9.64 Å². The van der Waals surface area contributed by atoms with Crippen LogP contribution in [0.1, 0.15) is 19.4 Å². The number of nitro benzene ring substituents is 1. The summed E-state index contributed by atoms with van der Waals surface area (Å²) >= 11 is 0. The molecule has 0 aliphatic carbocycles. The minimum Gasteiger partial charge on any atom is -0.383 e. The first-order valence-electron chi connectivity index (χ1n) is 6.42. The van der Waals surface area contributed by atoms with Gasteiger partial charge in [0, 0.05) is 32.0 Å². The third kappa shape index (κ3) is 4.21. The van der Waals surface area contributed by atoms with Gasteiger partial charge in [0.05, 0.1) is 11.5 Å². The first-order chi connectivity index (χ1) is 9.49. The van der Waals surface area contributed by atoms with Crippen LogP contribution in [0.4, 0.5) is 11.4 Å². The van der Waals surface area contributed by atoms with Crippen molar-refractivity contribution in [3.8, 4) is 6.07 Å². The van der Waals surface area contributed by atoms with Crippen molar-refractivity contribution in [1.82, 2.24) is 0 Å². The number of methoxy groups -OCH3 is 1. The molecule has 6 nitrogen and oxygen atoms in total. The van der Waals surface area contributed by atoms with Crippen LogP contribution >= 0.6 is 0 Å². The Labute approximate surface area is 118 Å². The highest BCUT2D eigenvalue weighted by Crippen LogP contribution is 2.25. The third-order valence-corrected chi connectivity index (χ3v) is 2.81. The lowest BCUT2D eigenvalue weighted by Crippen LogP contribution is -2.31. The van der Waals surface area contributed by atoms with Gasteiger partial charge in [-0.05, 0) is 18.1 Å². The van der Waals surface area contributed by atoms with E-state index in [9.17, 15) is 10.1 Å². The van der Waals surface area contributed by atoms with Crippen molar-refractivity contribution in [3.05, 3.63) is 33.9 Å². The summed E-state index contributed by atoms with van der Waals surface area (Å²) in [5, 5.41) is 19.9. The van der Waals surface area contributed by atoms with Gasteiger partial charge in [-0.1, -0.05) is 13.8 Å². The summed E-state index contributed by atoms with van der Waals surface area (Å²) < 4.78 is 5.08. The average Bonchev–Trinajstić information content (AvgIpc) is 2.42. The van der Waals surface area contributed by atoms with Gasteiger partial charge >= 0.3 is 0 Å². The van der Waals surface area contributed by atoms with Gasteiger partial charge in [0.1, 0.15) is 11.6 Å². The molecule has 1 aromatic carbocycles. The Kier molecular flexibility index (Phi) is 5.94. The molecule has 0 aliphatic heterocycles. The van der Waals surface area contributed by atoms with Crippen molar-refractivity contribution < 1.29 is 9.66 Å². The van der Waals surface area contributed by atoms with Crippen LogP contribution in [0.2, 0.25) is 0 Å². The molecule has 0 spiro atoms. The number of anilines is 1. The molecule has 0 atom stereocenters. The van der Waals surface area contributed by atoms with E-state index in [4.69, 9.17) is 10.00 Å². The van der Waals surface area contributed by atoms with E-state index in [0.717, 1.165) is 12.2 Å². The standard InChI is InChI=1S/C14H19N3O3/c1-11(2)10-16(6-7-20-3)13-4-5-14(17(18)19)12(8-13)9-15/h4-5,8,11H,6-7,10H2,1-3H3. The van der Waals surface area contributed by atoms with E-state index >= 15 is 0 Å². The van der Waals surface area contributed by atoms with Crippen LogP contribution in [0.25, 0.3) is 0 Å². The summed E-state index contributed by atoms with van der Waals surface area (Å²) in [5.41, 5.74) is 0.726. The van der Waals surface area contributed by atoms with Crippen LogP contribution in [0.3, 0.4) is 0 Å². The maximum Gasteiger partial charge on any atom is 0.287 e. The van der Waals surface area contributed by atoms with Crippen molar-refractivity contribution in [2.75, 3.05) is 31.7 Å². The number of nitriles is 1. The van der Waals surface area contributed by atoms with Crippen molar-refractivity contribution in [3.63, 3.8) is 0 Å². The minimum absolute atomic E-state index is 0.0821. The monoisotopic (exact) mass is 277 g/mol. The molecular formula is C14H19N3O3. The van der Waals surface area contributed by atoms with Crippen LogP contribution < -0.4 is 4.90 Å². The molecule has 0 aromatic heterocycles. The van der Waals surface area contributed by atoms with Gasteiger partial charge in [-0.25, -0.2) is 0 Å². The van der Waals surface area contributed by atoms with Crippen LogP contribution in [0, 0.1) is 27.4 Å². The van der Waals surface area contributed by atoms with Gasteiger partial charge in [0.15, 0.2) is 0 Å². The first kappa shape index (κ1) is 15.9. The second-order valence-corrected chi connectivity index (χ2v) is 4.90. The summed E-state index contributed by atoms with van der Waals surface area (Å²) in [6.07, 6.45) is 0. The van der Waals surface area contributed by atoms with Crippen molar-refractivity contribution in [2.45, 2.75) is 13.8 Å². The molecule has 0 saturated carbocycles. The minimum atomic E-state index is -0.537. The lowest BCUT2D eigenvalue weighted by atomic mass is 10.1. The zero-order valence-electron chi connectivity index (χ0n) is 12.0. The van der Waals surface area contributed by atoms with Crippen molar-refractivity contribution in [1.29, 1.82) is 5.26 Å². The molecule has 108 valence electrons. The van der Waals surface area contributed by atoms with E-state index in [1.807, 2.05) is 6.07 Å². The highest BCUT2D eigenvalue weighted by molar-refractivity contribution is 5.59. The van der Waals surface area contributed by atoms with Crippen molar-refractivity contribution in [2.24, 2.45) is 5.92 Å². The summed E-state index contributed by atoms with van der Waals surface area (Å²) in [7, 11) is 1.63. The summed E-state index contributed by atoms with van der Waals surface area (Å²) in [6.45, 7) is 6.22. The number of benzene rings is 1. The molecule has 1 rings (SSSR count). The largest absolute Gasteiger partial charge is 0.383 e. The van der Waals surface area contributed by atoms with Crippen LogP contribution in [-0.4, -0.2) is 31.7 Å². The number of rotatable bonds is 7. The molecule has 0 fully saturated rings. The molecule has 6 heteroatoms. The smallest absolute Gasteiger partial charge is 0.287 e. The molecule has 0 saturated heterocycles. The number of ether oxygens (including phenoxy) is 1. The summed E-state index contributed by atoms with van der Waals surface area (Å²) in [5.74, 6) is 0.438. The fourth-order valence-corrected chi connectivity index (χ4v) is 1.94. The Morgan fingerprint density at radius 2 is 2.20 bits per heavy atom. The number of nitrogens with zero attached hydrogens (tertiary/aromatic N) is 3. The van der Waals surface area contributed by atoms with E-state index in [0.29, 0.717) is 19.1 Å². The van der Waals surface area contributed by atoms with E-state index in [2.05, 4.69) is 18.7 Å². The Bertz CT molecular complexity index is 509. The lowest BCUT2D eigenvalue weighted by molar-refractivity contribution is -0.385. The highest BCUT2D eigenvalue weighted by Gasteiger charge is 2.16. The lowest BCUT2D eigenvalue weighted by Gasteiger charge is -2.26. The molecule has 1 aromatic rings. The SMILES string of the molecule is COCCN(CC(C)C)c1ccc([N+](=O)[O-])c(C#N)c1. The Balaban J connectivity index is 3.07. The number of nitro groups is 1. The second-order valence-electron chi connectivity index (χ2n) is 4.90. The van der Waals surface area contributed by atoms with Gasteiger partial charge in [-0.2, -0.15) is 5.26 Å². The van der Waals surface area contributed by atoms with E-state index in [1.54, 1.807) is 19.2 Å². The average molecular weight is 277 g/mol. The molecule has 0 N–H and O–H groups in total. The van der Waals surface area contributed by atoms with E-state index in [-0.39, 0.29) is 11.3 Å². The van der Waals surface area contributed by atoms with Gasteiger partial charge in [0.25, 0.3) is 5.69 Å². The molecule has 0 unspecified atom stereocenters. The maximum atomic E-state index is 10.8. The summed E-state index contributed by atoms with van der Waals surface area (Å²) in [6, 6.07) is 6.51. The summed E-state index contributed by atoms with van der Waals surface area (Å²) in [4.78, 5) is 12.4. The molecule has 0 heterocycles. The highest BCUT2D eigenvalue weighted by atomic mass is 16.6. The zero-order chi connectivity index (χ0) is 15.1. The maximum absolute atomic E-state index is 10.8. The number of hydrogen-bond donors (Lipinski definition) is 0. The van der Waals surface area contributed by atoms with E-state index < -0.39 is 4.92 Å². The normalized spacial score (nSPS) is 10.3. The Morgan fingerprint density at radius 3 is 2.70 bits per heavy atom. The zero-order valence-corrected chi connectivity index (χ0v) is 12.0. The van der Waals surface area contributed by atoms with Gasteiger partial charge in [-0.3, -0.25) is 10.1 Å². The third-order valence-electron chi connectivity index (χ3n) is 2.81. The van der Waals surface area contributed by atoms with Crippen LogP contribution in [0.15, 0.2) is 18.2 Å². The Hall–Kier alpha value is -2.13. The molecule has 0 aliphatic rings. The molecule has 20 heavy (non-hydrogen) atoms. The van der Waals surface area contributed by atoms with Gasteiger partial charge in [0.2, 0.25) is 0 Å².